The smallest absolute Gasteiger partial charge is 0.294 e. The Morgan fingerprint density at radius 3 is 2.47 bits per heavy atom. The number of alkyl halides is 3. The predicted octanol–water partition coefficient (Wildman–Crippen LogP) is 4.35. The van der Waals surface area contributed by atoms with Gasteiger partial charge in [0.1, 0.15) is 5.82 Å². The minimum absolute atomic E-state index is 0.179. The van der Waals surface area contributed by atoms with Gasteiger partial charge in [0.15, 0.2) is 5.78 Å². The van der Waals surface area contributed by atoms with Crippen molar-refractivity contribution < 1.29 is 22.4 Å². The Morgan fingerprint density at radius 2 is 1.94 bits per heavy atom. The number of carbonyl (C=O) groups excluding carboxylic acids is 1. The third-order valence-corrected chi connectivity index (χ3v) is 2.99. The lowest BCUT2D eigenvalue weighted by Gasteiger charge is -2.06. The lowest BCUT2D eigenvalue weighted by molar-refractivity contribution is -0.135. The molecule has 1 aromatic carbocycles. The van der Waals surface area contributed by atoms with Gasteiger partial charge in [-0.15, -0.1) is 0 Å². The molecule has 17 heavy (non-hydrogen) atoms. The van der Waals surface area contributed by atoms with Gasteiger partial charge in [-0.2, -0.15) is 13.2 Å². The van der Waals surface area contributed by atoms with E-state index in [-0.39, 0.29) is 18.4 Å². The van der Waals surface area contributed by atoms with Gasteiger partial charge >= 0.3 is 6.18 Å². The fraction of sp³-hybridized carbons (Fsp3) is 0.364. The highest BCUT2D eigenvalue weighted by Gasteiger charge is 2.26. The van der Waals surface area contributed by atoms with Crippen LogP contribution in [-0.4, -0.2) is 12.0 Å². The van der Waals surface area contributed by atoms with Crippen LogP contribution in [-0.2, 0) is 0 Å². The summed E-state index contributed by atoms with van der Waals surface area (Å²) in [4.78, 5) is 11.6. The van der Waals surface area contributed by atoms with E-state index in [0.29, 0.717) is 3.57 Å². The van der Waals surface area contributed by atoms with Crippen LogP contribution in [0.15, 0.2) is 18.2 Å². The number of hydrogen-bond donors (Lipinski definition) is 0. The number of Topliss-reactive ketones (excluding diaryl/α,β-unsaturated/α-hetero) is 1. The van der Waals surface area contributed by atoms with Gasteiger partial charge in [0.2, 0.25) is 0 Å². The van der Waals surface area contributed by atoms with Crippen molar-refractivity contribution in [1.82, 2.24) is 0 Å². The van der Waals surface area contributed by atoms with Gasteiger partial charge < -0.3 is 0 Å². The van der Waals surface area contributed by atoms with Crippen LogP contribution in [0.2, 0.25) is 0 Å². The molecule has 0 spiro atoms. The van der Waals surface area contributed by atoms with Crippen LogP contribution < -0.4 is 0 Å². The molecule has 0 saturated carbocycles. The minimum atomic E-state index is -4.24. The van der Waals surface area contributed by atoms with Crippen LogP contribution in [0.1, 0.15) is 29.6 Å². The first kappa shape index (κ1) is 14.4. The van der Waals surface area contributed by atoms with Crippen LogP contribution in [0.3, 0.4) is 0 Å². The standard InChI is InChI=1S/C11H9F4IO/c12-7-3-4-8(9(16)6-7)10(17)2-1-5-11(13,14)15/h3-4,6H,1-2,5H2. The summed E-state index contributed by atoms with van der Waals surface area (Å²) in [5.74, 6) is -0.861. The average molecular weight is 360 g/mol. The summed E-state index contributed by atoms with van der Waals surface area (Å²) in [6.45, 7) is 0. The Kier molecular flexibility index (Phi) is 4.91. The zero-order valence-electron chi connectivity index (χ0n) is 8.65. The van der Waals surface area contributed by atoms with Crippen molar-refractivity contribution in [3.05, 3.63) is 33.1 Å². The fourth-order valence-electron chi connectivity index (χ4n) is 1.30. The van der Waals surface area contributed by atoms with Crippen LogP contribution in [0.4, 0.5) is 17.6 Å². The summed E-state index contributed by atoms with van der Waals surface area (Å²) in [7, 11) is 0. The zero-order chi connectivity index (χ0) is 13.1. The van der Waals surface area contributed by atoms with Crippen molar-refractivity contribution in [1.29, 1.82) is 0 Å². The maximum atomic E-state index is 12.8. The van der Waals surface area contributed by atoms with E-state index in [9.17, 15) is 22.4 Å². The van der Waals surface area contributed by atoms with Crippen molar-refractivity contribution in [3.8, 4) is 0 Å². The summed E-state index contributed by atoms with van der Waals surface area (Å²) in [6.07, 6.45) is -5.64. The molecule has 6 heteroatoms. The molecular formula is C11H9F4IO. The topological polar surface area (TPSA) is 17.1 Å². The molecular weight excluding hydrogens is 351 g/mol. The van der Waals surface area contributed by atoms with Gasteiger partial charge in [0, 0.05) is 22.0 Å². The number of hydrogen-bond acceptors (Lipinski definition) is 1. The highest BCUT2D eigenvalue weighted by atomic mass is 127. The summed E-state index contributed by atoms with van der Waals surface area (Å²) in [5.41, 5.74) is 0.272. The lowest BCUT2D eigenvalue weighted by atomic mass is 10.1. The number of rotatable bonds is 4. The van der Waals surface area contributed by atoms with E-state index >= 15 is 0 Å². The number of ketones is 1. The maximum Gasteiger partial charge on any atom is 0.389 e. The number of carbonyl (C=O) groups is 1. The van der Waals surface area contributed by atoms with Crippen LogP contribution in [0.5, 0.6) is 0 Å². The Bertz CT molecular complexity index is 414. The molecule has 1 aromatic rings. The molecule has 0 aliphatic heterocycles. The second-order valence-corrected chi connectivity index (χ2v) is 4.68. The van der Waals surface area contributed by atoms with Crippen LogP contribution in [0.25, 0.3) is 0 Å². The second-order valence-electron chi connectivity index (χ2n) is 3.52. The van der Waals surface area contributed by atoms with Gasteiger partial charge in [-0.05, 0) is 47.2 Å². The first-order valence-corrected chi connectivity index (χ1v) is 5.92. The Balaban J connectivity index is 2.59. The molecule has 0 aliphatic carbocycles. The van der Waals surface area contributed by atoms with Crippen molar-refractivity contribution in [3.63, 3.8) is 0 Å². The normalized spacial score (nSPS) is 11.6. The summed E-state index contributed by atoms with van der Waals surface area (Å²) in [5, 5.41) is 0. The maximum absolute atomic E-state index is 12.8. The summed E-state index contributed by atoms with van der Waals surface area (Å²) < 4.78 is 48.8. The molecule has 0 aliphatic rings. The molecule has 0 amide bonds. The quantitative estimate of drug-likeness (QED) is 0.444. The molecule has 0 bridgehead atoms. The molecule has 1 rings (SSSR count). The second kappa shape index (κ2) is 5.79. The van der Waals surface area contributed by atoms with Crippen LogP contribution in [0, 0.1) is 9.39 Å². The van der Waals surface area contributed by atoms with Gasteiger partial charge in [-0.3, -0.25) is 4.79 Å². The number of halogens is 5. The molecule has 94 valence electrons. The fourth-order valence-corrected chi connectivity index (χ4v) is 2.08. The van der Waals surface area contributed by atoms with Crippen molar-refractivity contribution in [2.24, 2.45) is 0 Å². The van der Waals surface area contributed by atoms with E-state index in [4.69, 9.17) is 0 Å². The Morgan fingerprint density at radius 1 is 1.29 bits per heavy atom. The molecule has 0 aromatic heterocycles. The Labute approximate surface area is 109 Å². The predicted molar refractivity (Wildman–Crippen MR) is 63.4 cm³/mol. The van der Waals surface area contributed by atoms with Crippen molar-refractivity contribution >= 4 is 28.4 Å². The summed E-state index contributed by atoms with van der Waals surface area (Å²) >= 11 is 1.79. The first-order chi connectivity index (χ1) is 7.79. The highest BCUT2D eigenvalue weighted by molar-refractivity contribution is 14.1. The average Bonchev–Trinajstić information content (AvgIpc) is 2.15. The molecule has 0 saturated heterocycles. The monoisotopic (exact) mass is 360 g/mol. The zero-order valence-corrected chi connectivity index (χ0v) is 10.8. The Hall–Kier alpha value is -0.660. The molecule has 0 heterocycles. The molecule has 0 atom stereocenters. The van der Waals surface area contributed by atoms with E-state index in [1.807, 2.05) is 0 Å². The molecule has 1 nitrogen and oxygen atoms in total. The van der Waals surface area contributed by atoms with E-state index in [0.717, 1.165) is 6.07 Å². The van der Waals surface area contributed by atoms with Gasteiger partial charge in [0.25, 0.3) is 0 Å². The third kappa shape index (κ3) is 5.01. The third-order valence-electron chi connectivity index (χ3n) is 2.10. The SMILES string of the molecule is O=C(CCCC(F)(F)F)c1ccc(F)cc1I. The van der Waals surface area contributed by atoms with E-state index in [1.165, 1.54) is 12.1 Å². The van der Waals surface area contributed by atoms with E-state index in [1.54, 1.807) is 22.6 Å². The molecule has 0 unspecified atom stereocenters. The van der Waals surface area contributed by atoms with Gasteiger partial charge in [-0.25, -0.2) is 4.39 Å². The molecule has 0 N–H and O–H groups in total. The largest absolute Gasteiger partial charge is 0.389 e. The van der Waals surface area contributed by atoms with Crippen molar-refractivity contribution in [2.45, 2.75) is 25.4 Å². The highest BCUT2D eigenvalue weighted by Crippen LogP contribution is 2.23. The van der Waals surface area contributed by atoms with Crippen molar-refractivity contribution in [2.75, 3.05) is 0 Å². The molecule has 0 fully saturated rings. The molecule has 0 radical (unpaired) electrons. The number of benzene rings is 1. The van der Waals surface area contributed by atoms with Gasteiger partial charge in [0.05, 0.1) is 0 Å². The lowest BCUT2D eigenvalue weighted by Crippen LogP contribution is -2.09. The first-order valence-electron chi connectivity index (χ1n) is 4.84. The van der Waals surface area contributed by atoms with E-state index < -0.39 is 24.2 Å². The van der Waals surface area contributed by atoms with Gasteiger partial charge in [-0.1, -0.05) is 0 Å². The van der Waals surface area contributed by atoms with E-state index in [2.05, 4.69) is 0 Å². The van der Waals surface area contributed by atoms with Crippen LogP contribution >= 0.6 is 22.6 Å². The minimum Gasteiger partial charge on any atom is -0.294 e. The summed E-state index contributed by atoms with van der Waals surface area (Å²) in [6, 6.07) is 3.60.